The van der Waals surface area contributed by atoms with E-state index >= 15 is 0 Å². The summed E-state index contributed by atoms with van der Waals surface area (Å²) in [6, 6.07) is -0.860. The maximum Gasteiger partial charge on any atom is 0.316 e. The van der Waals surface area contributed by atoms with Crippen molar-refractivity contribution in [2.45, 2.75) is 135 Å². The zero-order valence-electron chi connectivity index (χ0n) is 25.0. The van der Waals surface area contributed by atoms with E-state index in [1.165, 1.54) is 13.8 Å². The lowest BCUT2D eigenvalue weighted by molar-refractivity contribution is -0.275. The molecule has 0 aromatic carbocycles. The van der Waals surface area contributed by atoms with Crippen LogP contribution in [0.25, 0.3) is 0 Å². The first-order valence-electron chi connectivity index (χ1n) is 14.1. The average Bonchev–Trinajstić information content (AvgIpc) is 2.87. The van der Waals surface area contributed by atoms with E-state index in [9.17, 15) is 30.3 Å². The number of nitrogens with one attached hydrogen (secondary N) is 2. The van der Waals surface area contributed by atoms with Gasteiger partial charge in [0, 0.05) is 12.1 Å². The molecule has 1 fully saturated rings. The monoisotopic (exact) mass is 560 g/mol. The van der Waals surface area contributed by atoms with Gasteiger partial charge in [-0.25, -0.2) is 0 Å². The van der Waals surface area contributed by atoms with Crippen molar-refractivity contribution in [1.82, 2.24) is 10.6 Å². The molecule has 1 saturated heterocycles. The van der Waals surface area contributed by atoms with Crippen molar-refractivity contribution in [3.63, 3.8) is 0 Å². The van der Waals surface area contributed by atoms with Crippen molar-refractivity contribution < 1.29 is 44.5 Å². The van der Waals surface area contributed by atoms with E-state index < -0.39 is 59.8 Å². The summed E-state index contributed by atoms with van der Waals surface area (Å²) in [7, 11) is 1.74. The first-order valence-corrected chi connectivity index (χ1v) is 14.1. The molecule has 11 heteroatoms. The Bertz CT molecular complexity index is 849. The molecule has 0 spiro atoms. The molecule has 7 N–H and O–H groups in total. The summed E-state index contributed by atoms with van der Waals surface area (Å²) in [6.07, 6.45) is -4.81. The number of carbonyl (C=O) groups is 1. The highest BCUT2D eigenvalue weighted by Gasteiger charge is 2.46. The zero-order valence-corrected chi connectivity index (χ0v) is 25.0. The number of rotatable bonds is 4. The quantitative estimate of drug-likeness (QED) is 0.246. The molecular weight excluding hydrogens is 508 g/mol. The van der Waals surface area contributed by atoms with E-state index in [1.54, 1.807) is 34.7 Å². The largest absolute Gasteiger partial charge is 0.511 e. The third kappa shape index (κ3) is 7.91. The van der Waals surface area contributed by atoms with Gasteiger partial charge in [0.05, 0.1) is 11.7 Å². The highest BCUT2D eigenvalue weighted by Crippen LogP contribution is 2.34. The molecule has 0 aliphatic carbocycles. The van der Waals surface area contributed by atoms with E-state index in [2.05, 4.69) is 10.6 Å². The molecule has 2 aliphatic rings. The van der Waals surface area contributed by atoms with Crippen LogP contribution in [0.2, 0.25) is 0 Å². The highest BCUT2D eigenvalue weighted by molar-refractivity contribution is 5.75. The van der Waals surface area contributed by atoms with Crippen LogP contribution in [0.15, 0.2) is 11.3 Å². The molecule has 228 valence electrons. The maximum atomic E-state index is 13.1. The highest BCUT2D eigenvalue weighted by atomic mass is 16.7. The molecule has 0 saturated carbocycles. The number of likely N-dealkylation sites (N-methyl/N-ethyl adjacent to an activating group) is 1. The molecule has 12 atom stereocenters. The minimum Gasteiger partial charge on any atom is -0.511 e. The Kier molecular flexibility index (Phi) is 11.8. The molecule has 2 aliphatic heterocycles. The molecule has 0 aromatic heterocycles. The molecule has 2 rings (SSSR count). The Morgan fingerprint density at radius 3 is 2.33 bits per heavy atom. The van der Waals surface area contributed by atoms with Crippen molar-refractivity contribution in [3.05, 3.63) is 11.3 Å². The van der Waals surface area contributed by atoms with Gasteiger partial charge in [-0.3, -0.25) is 4.79 Å². The molecule has 39 heavy (non-hydrogen) atoms. The number of hydrogen-bond donors (Lipinski definition) is 7. The van der Waals surface area contributed by atoms with Crippen molar-refractivity contribution in [2.75, 3.05) is 13.6 Å². The summed E-state index contributed by atoms with van der Waals surface area (Å²) in [5, 5.41) is 62.3. The van der Waals surface area contributed by atoms with Gasteiger partial charge in [-0.2, -0.15) is 0 Å². The van der Waals surface area contributed by atoms with Gasteiger partial charge >= 0.3 is 5.97 Å². The van der Waals surface area contributed by atoms with Gasteiger partial charge < -0.3 is 50.4 Å². The number of cyclic esters (lactones) is 1. The summed E-state index contributed by atoms with van der Waals surface area (Å²) >= 11 is 0. The number of aliphatic hydroxyl groups excluding tert-OH is 3. The van der Waals surface area contributed by atoms with Crippen LogP contribution >= 0.6 is 0 Å². The van der Waals surface area contributed by atoms with Crippen molar-refractivity contribution in [1.29, 1.82) is 0 Å². The minimum atomic E-state index is -1.76. The second-order valence-electron chi connectivity index (χ2n) is 12.1. The second-order valence-corrected chi connectivity index (χ2v) is 12.1. The smallest absolute Gasteiger partial charge is 0.316 e. The second kappa shape index (κ2) is 13.6. The summed E-state index contributed by atoms with van der Waals surface area (Å²) in [6.45, 7) is 13.7. The first kappa shape index (κ1) is 33.9. The lowest BCUT2D eigenvalue weighted by atomic mass is 9.83. The van der Waals surface area contributed by atoms with Gasteiger partial charge in [0.2, 0.25) is 0 Å². The summed E-state index contributed by atoms with van der Waals surface area (Å²) < 4.78 is 17.8. The van der Waals surface area contributed by atoms with E-state index in [1.807, 2.05) is 13.8 Å². The van der Waals surface area contributed by atoms with Crippen molar-refractivity contribution in [3.8, 4) is 0 Å². The van der Waals surface area contributed by atoms with Gasteiger partial charge in [0.15, 0.2) is 6.29 Å². The van der Waals surface area contributed by atoms with Gasteiger partial charge in [-0.05, 0) is 85.9 Å². The molecule has 0 radical (unpaired) electrons. The minimum absolute atomic E-state index is 0.135. The predicted molar refractivity (Wildman–Crippen MR) is 146 cm³/mol. The Balaban J connectivity index is 2.54. The molecule has 0 amide bonds. The van der Waals surface area contributed by atoms with E-state index in [0.29, 0.717) is 13.0 Å². The van der Waals surface area contributed by atoms with Gasteiger partial charge in [-0.15, -0.1) is 0 Å². The lowest BCUT2D eigenvalue weighted by Gasteiger charge is -2.43. The zero-order chi connectivity index (χ0) is 29.9. The van der Waals surface area contributed by atoms with Crippen LogP contribution in [0.3, 0.4) is 0 Å². The SMILES string of the molecule is CC[C@H]1OC(=O)[C@H](C)/C(O)=C(\C)[C@@H](O[C@@H]2O[C@H](C)C[C@H](NC)[C@H]2O)C(C)(O)C[C@@H](C)CN[C@H](C)[C@@H](O)[C@]1(C)O. The van der Waals surface area contributed by atoms with Crippen LogP contribution in [0.1, 0.15) is 74.7 Å². The van der Waals surface area contributed by atoms with Crippen LogP contribution in [-0.2, 0) is 19.0 Å². The molecule has 0 aromatic rings. The maximum absolute atomic E-state index is 13.1. The van der Waals surface area contributed by atoms with Gasteiger partial charge in [-0.1, -0.05) is 13.8 Å². The predicted octanol–water partition coefficient (Wildman–Crippen LogP) is 1.13. The Labute approximate surface area is 232 Å². The first-order chi connectivity index (χ1) is 18.0. The molecule has 1 unspecified atom stereocenters. The fourth-order valence-electron chi connectivity index (χ4n) is 5.83. The molecule has 0 bridgehead atoms. The van der Waals surface area contributed by atoms with Gasteiger partial charge in [0.25, 0.3) is 0 Å². The lowest BCUT2D eigenvalue weighted by Crippen LogP contribution is -2.58. The summed E-state index contributed by atoms with van der Waals surface area (Å²) in [5.41, 5.74) is -3.12. The molecule has 2 heterocycles. The topological polar surface area (TPSA) is 170 Å². The third-order valence-corrected chi connectivity index (χ3v) is 8.31. The number of esters is 1. The standard InChI is InChI=1S/C28H52N2O9/c1-10-20-28(8,36)23(33)18(6)30-13-14(2)12-27(7,35)24(16(4)21(31)17(5)25(34)38-20)39-26-22(32)19(29-9)11-15(3)37-26/h14-15,17-20,22-24,26,29-33,35-36H,10-13H2,1-9H3/b21-16-/t14-,15-,17-,18-,19+,20-,22-,23-,24-,26+,27?,28-/m1/s1. The fourth-order valence-corrected chi connectivity index (χ4v) is 5.83. The molecular formula is C28H52N2O9. The summed E-state index contributed by atoms with van der Waals surface area (Å²) in [5.74, 6) is -2.44. The van der Waals surface area contributed by atoms with Crippen LogP contribution in [0.5, 0.6) is 0 Å². The fraction of sp³-hybridized carbons (Fsp3) is 0.893. The summed E-state index contributed by atoms with van der Waals surface area (Å²) in [4.78, 5) is 13.1. The van der Waals surface area contributed by atoms with E-state index in [-0.39, 0.29) is 42.2 Å². The number of ether oxygens (including phenoxy) is 3. The number of hydrogen-bond acceptors (Lipinski definition) is 11. The Morgan fingerprint density at radius 2 is 1.77 bits per heavy atom. The van der Waals surface area contributed by atoms with E-state index in [0.717, 1.165) is 0 Å². The normalized spacial score (nSPS) is 47.7. The van der Waals surface area contributed by atoms with Crippen molar-refractivity contribution in [2.24, 2.45) is 11.8 Å². The number of carbonyl (C=O) groups excluding carboxylic acids is 1. The van der Waals surface area contributed by atoms with Crippen LogP contribution in [-0.4, -0.2) is 105 Å². The van der Waals surface area contributed by atoms with Crippen LogP contribution in [0, 0.1) is 11.8 Å². The molecule has 11 nitrogen and oxygen atoms in total. The van der Waals surface area contributed by atoms with Crippen molar-refractivity contribution >= 4 is 5.97 Å². The van der Waals surface area contributed by atoms with Crippen LogP contribution < -0.4 is 10.6 Å². The van der Waals surface area contributed by atoms with E-state index in [4.69, 9.17) is 14.2 Å². The Morgan fingerprint density at radius 1 is 1.15 bits per heavy atom. The van der Waals surface area contributed by atoms with Gasteiger partial charge in [0.1, 0.15) is 41.7 Å². The average molecular weight is 561 g/mol. The third-order valence-electron chi connectivity index (χ3n) is 8.31. The van der Waals surface area contributed by atoms with Crippen LogP contribution in [0.4, 0.5) is 0 Å². The Hall–Kier alpha value is -1.31. The number of aliphatic hydroxyl groups is 5.